The van der Waals surface area contributed by atoms with Crippen molar-refractivity contribution in [3.63, 3.8) is 0 Å². The third-order valence-corrected chi connectivity index (χ3v) is 19.3. The molecule has 3 saturated heterocycles. The number of nitrogens with zero attached hydrogens (tertiary/aromatic N) is 3. The minimum absolute atomic E-state index is 0. The molecule has 0 spiro atoms. The number of likely N-dealkylation sites (tertiary alicyclic amines) is 3. The Bertz CT molecular complexity index is 3960. The Morgan fingerprint density at radius 2 is 0.728 bits per heavy atom. The predicted molar refractivity (Wildman–Crippen MR) is 459 cm³/mol. The zero-order valence-electron chi connectivity index (χ0n) is 68.6. The molecule has 0 bridgehead atoms. The molecule has 6 atom stereocenters. The number of esters is 2. The summed E-state index contributed by atoms with van der Waals surface area (Å²) in [5.41, 5.74) is 18.2. The number of carbonyl (C=O) groups is 7. The van der Waals surface area contributed by atoms with Crippen LogP contribution in [0.2, 0.25) is 0 Å². The molecule has 3 heterocycles. The van der Waals surface area contributed by atoms with Gasteiger partial charge >= 0.3 is 59.4 Å². The summed E-state index contributed by atoms with van der Waals surface area (Å²) < 4.78 is 14.4. The van der Waals surface area contributed by atoms with Gasteiger partial charge in [-0.05, 0) is 221 Å². The number of hydrogen-bond donors (Lipinski definition) is 4. The molecular formula is C89H119BCl4N6NaO13. The number of nitrogens with two attached hydrogens (primary N) is 1. The Kier molecular flexibility index (Phi) is 47.0. The Hall–Kier alpha value is -6.99. The van der Waals surface area contributed by atoms with E-state index in [-0.39, 0.29) is 91.1 Å². The van der Waals surface area contributed by atoms with Crippen molar-refractivity contribution in [1.82, 2.24) is 25.3 Å². The fourth-order valence-electron chi connectivity index (χ4n) is 13.2. The maximum absolute atomic E-state index is 12.2. The van der Waals surface area contributed by atoms with Crippen LogP contribution in [0.3, 0.4) is 0 Å². The van der Waals surface area contributed by atoms with E-state index in [9.17, 15) is 33.6 Å². The van der Waals surface area contributed by atoms with E-state index in [2.05, 4.69) is 184 Å². The van der Waals surface area contributed by atoms with Gasteiger partial charge in [0.1, 0.15) is 17.0 Å². The Morgan fingerprint density at radius 3 is 0.991 bits per heavy atom. The van der Waals surface area contributed by atoms with Crippen LogP contribution in [0.4, 0.5) is 0 Å². The summed E-state index contributed by atoms with van der Waals surface area (Å²) in [7, 11) is 4.32. The van der Waals surface area contributed by atoms with Crippen molar-refractivity contribution in [2.75, 3.05) is 39.3 Å². The van der Waals surface area contributed by atoms with Gasteiger partial charge < -0.3 is 43.7 Å². The second-order valence-electron chi connectivity index (χ2n) is 31.2. The van der Waals surface area contributed by atoms with Crippen molar-refractivity contribution in [2.24, 2.45) is 23.5 Å². The van der Waals surface area contributed by atoms with Crippen LogP contribution in [0, 0.1) is 17.8 Å². The molecule has 6 aromatic rings. The van der Waals surface area contributed by atoms with Crippen LogP contribution in [0.15, 0.2) is 181 Å². The largest absolute Gasteiger partial charge is 1.00 e. The normalized spacial score (nSPS) is 19.4. The first-order chi connectivity index (χ1) is 51.8. The summed E-state index contributed by atoms with van der Waals surface area (Å²) in [5.74, 6) is -0.800. The smallest absolute Gasteiger partial charge is 0.793 e. The summed E-state index contributed by atoms with van der Waals surface area (Å²) in [6.07, 6.45) is 16.6. The van der Waals surface area contributed by atoms with Gasteiger partial charge in [0.2, 0.25) is 5.97 Å². The zero-order valence-corrected chi connectivity index (χ0v) is 73.9. The van der Waals surface area contributed by atoms with Gasteiger partial charge in [0, 0.05) is 96.5 Å². The number of nitrogens with one attached hydrogen (secondary N) is 2. The van der Waals surface area contributed by atoms with Crippen molar-refractivity contribution in [3.05, 3.63) is 231 Å². The molecule has 3 saturated carbocycles. The van der Waals surface area contributed by atoms with E-state index < -0.39 is 35.1 Å². The number of ketones is 1. The van der Waals surface area contributed by atoms with E-state index in [4.69, 9.17) is 20.3 Å². The first-order valence-electron chi connectivity index (χ1n) is 38.2. The molecule has 615 valence electrons. The molecule has 5 N–H and O–H groups in total. The van der Waals surface area contributed by atoms with Gasteiger partial charge in [0.15, 0.2) is 0 Å². The topological polar surface area (TPSA) is 246 Å². The SMILES string of the molecule is C/C(=C\c1ccccc1)[C@@H]1C[C@H]1N.C/C(=C\c1ccccc1)[C@@H]1C[C@H]1NC1CCN(Cc2ccc(C(=O)O)cc2)CC1.C/C(=C\c1ccccc1)[C@@H]1C[C@H]1NC1CCN(Cc2ccc(C(=O)OC(C)(C)C)cc2)CC1.CC(=O)OOC(C)=O.CC(C)(C)OC(=O)c1ccc(CN2CCC(=O)CC2)cc1.Cl.Cl.Cl.Cl.[B-]OC(C)=O.[Na+]. The number of piperidine rings is 3. The minimum Gasteiger partial charge on any atom is -0.793 e. The second-order valence-corrected chi connectivity index (χ2v) is 31.2. The van der Waals surface area contributed by atoms with Crippen molar-refractivity contribution < 1.29 is 92.1 Å². The number of carbonyl (C=O) groups excluding carboxylic acids is 6. The number of rotatable bonds is 19. The number of benzene rings is 6. The molecule has 0 unspecified atom stereocenters. The van der Waals surface area contributed by atoms with Gasteiger partial charge in [-0.3, -0.25) is 24.3 Å². The molecule has 3 aliphatic carbocycles. The van der Waals surface area contributed by atoms with Gasteiger partial charge in [-0.15, -0.1) is 49.6 Å². The average Bonchev–Trinajstić information content (AvgIpc) is 1.65. The van der Waals surface area contributed by atoms with Crippen molar-refractivity contribution in [2.45, 2.75) is 202 Å². The average molecular weight is 1660 g/mol. The number of carboxylic acids is 1. The quantitative estimate of drug-likeness (QED) is 0.0255. The van der Waals surface area contributed by atoms with Gasteiger partial charge in [0.05, 0.1) is 16.7 Å². The number of ether oxygens (including phenoxy) is 2. The molecule has 0 aromatic heterocycles. The standard InChI is InChI=1S/C29H38N2O2.C25H30N2O2.C17H23NO3.C12H15N.C4H6O4.C2H3BO2.4ClH.Na/c1-21(18-22-8-6-5-7-9-22)26-19-27(26)30-25-14-16-31(17-15-25)20-23-10-12-24(13-11-23)28(32)33-29(2,3)4;1-18(15-19-5-3-2-4-6-19)23-16-24(23)26-22-11-13-27(14-12-22)17-20-7-9-21(10-8-20)25(28)29;1-17(2,3)21-16(20)14-6-4-13(5-7-14)12-18-10-8-15(19)9-11-18;1-9(11-8-12(11)13)7-10-5-3-2-4-6-10;1-3(5)7-8-4(2)6;1-2(4)5-3;;;;;/h5-13,18,25-27,30H,14-17,19-20H2,1-4H3;2-10,15,22-24,26H,11-14,16-17H2,1H3,(H,28,29);4-7H,8-12H2,1-3H3;2-7,11-12H,8,13H2,1H3;1-2H3;1H3;4*1H;/q;;;;;-1;;;;;+1/b21-18+;18-15+;;9-7+;;;;;;;/t26-,27+;23-,24+;;11-,12+;;;;;;;/m00.0......./s1. The first-order valence-corrected chi connectivity index (χ1v) is 38.2. The molecule has 12 rings (SSSR count). The summed E-state index contributed by atoms with van der Waals surface area (Å²) in [6, 6.07) is 57.2. The Balaban J connectivity index is 0.000000498. The fourth-order valence-corrected chi connectivity index (χ4v) is 13.2. The van der Waals surface area contributed by atoms with E-state index in [0.29, 0.717) is 83.3 Å². The van der Waals surface area contributed by atoms with Crippen LogP contribution in [-0.2, 0) is 62.7 Å². The van der Waals surface area contributed by atoms with E-state index in [1.807, 2.05) is 84.0 Å². The summed E-state index contributed by atoms with van der Waals surface area (Å²) in [6.45, 7) is 30.2. The fraction of sp³-hybridized carbons (Fsp3) is 0.449. The summed E-state index contributed by atoms with van der Waals surface area (Å²) in [4.78, 5) is 90.4. The van der Waals surface area contributed by atoms with E-state index in [1.165, 1.54) is 90.0 Å². The second kappa shape index (κ2) is 52.0. The molecule has 19 nitrogen and oxygen atoms in total. The molecule has 0 amide bonds. The zero-order chi connectivity index (χ0) is 79.2. The number of halogens is 4. The van der Waals surface area contributed by atoms with Gasteiger partial charge in [0.25, 0.3) is 0 Å². The number of hydrogen-bond acceptors (Lipinski definition) is 18. The summed E-state index contributed by atoms with van der Waals surface area (Å²) >= 11 is 0. The van der Waals surface area contributed by atoms with Gasteiger partial charge in [-0.2, -0.15) is 0 Å². The molecule has 6 aliphatic rings. The molecule has 25 heteroatoms. The first kappa shape index (κ1) is 103. The molecule has 6 aromatic carbocycles. The third-order valence-electron chi connectivity index (χ3n) is 19.3. The molecule has 6 fully saturated rings. The van der Waals surface area contributed by atoms with Crippen molar-refractivity contribution >= 4 is 118 Å². The third kappa shape index (κ3) is 40.2. The van der Waals surface area contributed by atoms with Crippen LogP contribution in [0.1, 0.15) is 205 Å². The predicted octanol–water partition coefficient (Wildman–Crippen LogP) is 13.7. The molecule has 3 radical (unpaired) electrons. The van der Waals surface area contributed by atoms with Crippen molar-refractivity contribution in [1.29, 1.82) is 0 Å². The van der Waals surface area contributed by atoms with Crippen LogP contribution in [0.5, 0.6) is 0 Å². The van der Waals surface area contributed by atoms with Crippen LogP contribution >= 0.6 is 49.6 Å². The Labute approximate surface area is 724 Å². The maximum atomic E-state index is 12.2. The van der Waals surface area contributed by atoms with E-state index >= 15 is 0 Å². The number of carboxylic acid groups (broad SMARTS) is 1. The molecule has 3 aliphatic heterocycles. The van der Waals surface area contributed by atoms with Crippen LogP contribution in [0.25, 0.3) is 18.2 Å². The summed E-state index contributed by atoms with van der Waals surface area (Å²) in [5, 5.41) is 16.8. The van der Waals surface area contributed by atoms with Crippen molar-refractivity contribution in [3.8, 4) is 0 Å². The number of aromatic carboxylic acids is 1. The molecule has 114 heavy (non-hydrogen) atoms. The van der Waals surface area contributed by atoms with E-state index in [0.717, 1.165) is 84.7 Å². The molecular weight excluding hydrogens is 1540 g/mol. The van der Waals surface area contributed by atoms with Gasteiger partial charge in [-0.25, -0.2) is 33.7 Å². The maximum Gasteiger partial charge on any atom is 1.00 e. The van der Waals surface area contributed by atoms with E-state index in [1.54, 1.807) is 24.3 Å². The van der Waals surface area contributed by atoms with Gasteiger partial charge in [-0.1, -0.05) is 162 Å². The number of Topliss-reactive ketones (excluding diaryl/α,β-unsaturated/α-hetero) is 1. The van der Waals surface area contributed by atoms with Crippen LogP contribution in [-0.4, -0.2) is 150 Å². The Morgan fingerprint density at radius 1 is 0.447 bits per heavy atom. The van der Waals surface area contributed by atoms with Crippen LogP contribution < -0.4 is 45.9 Å². The monoisotopic (exact) mass is 1650 g/mol. The minimum atomic E-state index is -0.865.